The first-order valence-corrected chi connectivity index (χ1v) is 5.60. The summed E-state index contributed by atoms with van der Waals surface area (Å²) in [4.78, 5) is 0. The molecule has 0 spiro atoms. The maximum Gasteiger partial charge on any atom is 0.397 e. The van der Waals surface area contributed by atoms with Crippen LogP contribution in [0.25, 0.3) is 0 Å². The lowest BCUT2D eigenvalue weighted by Crippen LogP contribution is -2.03. The summed E-state index contributed by atoms with van der Waals surface area (Å²) in [6.07, 6.45) is 0. The summed E-state index contributed by atoms with van der Waals surface area (Å²) in [6, 6.07) is 8.71. The fourth-order valence-corrected chi connectivity index (χ4v) is 1.00. The highest BCUT2D eigenvalue weighted by Gasteiger charge is 2.03. The molecule has 0 aliphatic carbocycles. The van der Waals surface area contributed by atoms with Gasteiger partial charge >= 0.3 is 10.4 Å². The number of hydrogen-bond donors (Lipinski definition) is 1. The Morgan fingerprint density at radius 1 is 1.21 bits per heavy atom. The Bertz CT molecular complexity index is 331. The van der Waals surface area contributed by atoms with E-state index in [4.69, 9.17) is 4.55 Å². The molecule has 0 atom stereocenters. The van der Waals surface area contributed by atoms with Crippen molar-refractivity contribution in [3.8, 4) is 0 Å². The highest BCUT2D eigenvalue weighted by molar-refractivity contribution is 7.80. The Kier molecular flexibility index (Phi) is 6.11. The molecule has 0 saturated heterocycles. The van der Waals surface area contributed by atoms with Crippen molar-refractivity contribution in [1.82, 2.24) is 0 Å². The SMILES string of the molecule is CC.O=S(=O)(O)OCc1ccccc1. The molecule has 4 nitrogen and oxygen atoms in total. The van der Waals surface area contributed by atoms with Gasteiger partial charge in [-0.2, -0.15) is 8.42 Å². The Hall–Kier alpha value is -0.910. The molecule has 5 heteroatoms. The van der Waals surface area contributed by atoms with Gasteiger partial charge in [-0.1, -0.05) is 44.2 Å². The van der Waals surface area contributed by atoms with E-state index in [1.165, 1.54) is 0 Å². The normalized spacial score (nSPS) is 10.2. The molecule has 0 unspecified atom stereocenters. The minimum atomic E-state index is -4.32. The molecule has 80 valence electrons. The monoisotopic (exact) mass is 218 g/mol. The van der Waals surface area contributed by atoms with Crippen molar-refractivity contribution in [2.45, 2.75) is 20.5 Å². The van der Waals surface area contributed by atoms with Gasteiger partial charge in [-0.15, -0.1) is 0 Å². The third kappa shape index (κ3) is 6.59. The van der Waals surface area contributed by atoms with Crippen LogP contribution in [-0.2, 0) is 21.2 Å². The fraction of sp³-hybridized carbons (Fsp3) is 0.333. The number of benzene rings is 1. The van der Waals surface area contributed by atoms with Gasteiger partial charge in [0.2, 0.25) is 0 Å². The minimum Gasteiger partial charge on any atom is -0.264 e. The largest absolute Gasteiger partial charge is 0.397 e. The van der Waals surface area contributed by atoms with Crippen molar-refractivity contribution < 1.29 is 17.2 Å². The first kappa shape index (κ1) is 13.1. The van der Waals surface area contributed by atoms with Crippen LogP contribution in [-0.4, -0.2) is 13.0 Å². The van der Waals surface area contributed by atoms with Crippen LogP contribution in [0.2, 0.25) is 0 Å². The molecule has 1 aromatic rings. The maximum absolute atomic E-state index is 10.1. The van der Waals surface area contributed by atoms with Crippen molar-refractivity contribution in [3.63, 3.8) is 0 Å². The van der Waals surface area contributed by atoms with Gasteiger partial charge in [0, 0.05) is 0 Å². The van der Waals surface area contributed by atoms with Crippen molar-refractivity contribution >= 4 is 10.4 Å². The molecule has 0 radical (unpaired) electrons. The van der Waals surface area contributed by atoms with E-state index in [0.717, 1.165) is 0 Å². The minimum absolute atomic E-state index is 0.139. The van der Waals surface area contributed by atoms with Gasteiger partial charge < -0.3 is 0 Å². The van der Waals surface area contributed by atoms with E-state index in [1.807, 2.05) is 13.8 Å². The molecule has 0 aliphatic rings. The van der Waals surface area contributed by atoms with E-state index in [-0.39, 0.29) is 6.61 Å². The molecule has 14 heavy (non-hydrogen) atoms. The third-order valence-electron chi connectivity index (χ3n) is 1.22. The van der Waals surface area contributed by atoms with Crippen LogP contribution in [0.1, 0.15) is 19.4 Å². The van der Waals surface area contributed by atoms with Crippen LogP contribution in [0.4, 0.5) is 0 Å². The van der Waals surface area contributed by atoms with Crippen molar-refractivity contribution in [3.05, 3.63) is 35.9 Å². The van der Waals surface area contributed by atoms with Gasteiger partial charge in [-0.25, -0.2) is 4.18 Å². The highest BCUT2D eigenvalue weighted by Crippen LogP contribution is 2.01. The van der Waals surface area contributed by atoms with E-state index in [9.17, 15) is 8.42 Å². The zero-order chi connectivity index (χ0) is 11.0. The summed E-state index contributed by atoms with van der Waals surface area (Å²) in [5.41, 5.74) is 0.690. The number of hydrogen-bond acceptors (Lipinski definition) is 3. The molecule has 0 amide bonds. The van der Waals surface area contributed by atoms with Crippen molar-refractivity contribution in [1.29, 1.82) is 0 Å². The highest BCUT2D eigenvalue weighted by atomic mass is 32.3. The molecule has 0 aromatic heterocycles. The summed E-state index contributed by atoms with van der Waals surface area (Å²) >= 11 is 0. The van der Waals surface area contributed by atoms with Crippen molar-refractivity contribution in [2.24, 2.45) is 0 Å². The first-order valence-electron chi connectivity index (χ1n) is 4.24. The maximum atomic E-state index is 10.1. The van der Waals surface area contributed by atoms with Crippen molar-refractivity contribution in [2.75, 3.05) is 0 Å². The Morgan fingerprint density at radius 2 is 1.71 bits per heavy atom. The lowest BCUT2D eigenvalue weighted by molar-refractivity contribution is 0.259. The zero-order valence-electron chi connectivity index (χ0n) is 8.17. The van der Waals surface area contributed by atoms with Gasteiger partial charge in [-0.05, 0) is 5.56 Å². The molecular formula is C9H14O4S. The van der Waals surface area contributed by atoms with Crippen LogP contribution >= 0.6 is 0 Å². The predicted octanol–water partition coefficient (Wildman–Crippen LogP) is 2.03. The van der Waals surface area contributed by atoms with Crippen LogP contribution in [0, 0.1) is 0 Å². The van der Waals surface area contributed by atoms with Crippen LogP contribution in [0.15, 0.2) is 30.3 Å². The second kappa shape index (κ2) is 6.53. The third-order valence-corrected chi connectivity index (χ3v) is 1.63. The van der Waals surface area contributed by atoms with Gasteiger partial charge in [-0.3, -0.25) is 4.55 Å². The smallest absolute Gasteiger partial charge is 0.264 e. The lowest BCUT2D eigenvalue weighted by Gasteiger charge is -1.98. The average Bonchev–Trinajstić information content (AvgIpc) is 2.19. The molecule has 0 bridgehead atoms. The van der Waals surface area contributed by atoms with Gasteiger partial charge in [0.1, 0.15) is 0 Å². The zero-order valence-corrected chi connectivity index (χ0v) is 8.99. The van der Waals surface area contributed by atoms with Crippen LogP contribution in [0.5, 0.6) is 0 Å². The van der Waals surface area contributed by atoms with E-state index < -0.39 is 10.4 Å². The van der Waals surface area contributed by atoms with Gasteiger partial charge in [0.25, 0.3) is 0 Å². The standard InChI is InChI=1S/C7H8O4S.C2H6/c8-12(9,10)11-6-7-4-2-1-3-5-7;1-2/h1-5H,6H2,(H,8,9,10);1-2H3. The quantitative estimate of drug-likeness (QED) is 0.788. The first-order chi connectivity index (χ1) is 6.58. The molecule has 0 heterocycles. The van der Waals surface area contributed by atoms with Gasteiger partial charge in [0.05, 0.1) is 6.61 Å². The second-order valence-electron chi connectivity index (χ2n) is 2.18. The van der Waals surface area contributed by atoms with E-state index in [2.05, 4.69) is 4.18 Å². The molecule has 1 rings (SSSR count). The predicted molar refractivity (Wildman–Crippen MR) is 54.1 cm³/mol. The molecule has 0 aliphatic heterocycles. The summed E-state index contributed by atoms with van der Waals surface area (Å²) in [6.45, 7) is 3.86. The van der Waals surface area contributed by atoms with Gasteiger partial charge in [0.15, 0.2) is 0 Å². The molecule has 0 fully saturated rings. The lowest BCUT2D eigenvalue weighted by atomic mass is 10.2. The van der Waals surface area contributed by atoms with Crippen LogP contribution in [0.3, 0.4) is 0 Å². The Balaban J connectivity index is 0.000000791. The summed E-state index contributed by atoms with van der Waals surface area (Å²) in [7, 11) is -4.32. The molecule has 1 N–H and O–H groups in total. The van der Waals surface area contributed by atoms with E-state index in [0.29, 0.717) is 5.56 Å². The summed E-state index contributed by atoms with van der Waals surface area (Å²) < 4.78 is 32.6. The summed E-state index contributed by atoms with van der Waals surface area (Å²) in [5.74, 6) is 0. The number of rotatable bonds is 3. The fourth-order valence-electron chi connectivity index (χ4n) is 0.717. The molecule has 1 aromatic carbocycles. The molecule has 0 saturated carbocycles. The summed E-state index contributed by atoms with van der Waals surface area (Å²) in [5, 5.41) is 0. The average molecular weight is 218 g/mol. The Morgan fingerprint density at radius 3 is 2.14 bits per heavy atom. The Labute approximate surface area is 84.5 Å². The van der Waals surface area contributed by atoms with Crippen LogP contribution < -0.4 is 0 Å². The second-order valence-corrected chi connectivity index (χ2v) is 3.27. The van der Waals surface area contributed by atoms with E-state index in [1.54, 1.807) is 30.3 Å². The van der Waals surface area contributed by atoms with E-state index >= 15 is 0 Å². The molecular weight excluding hydrogens is 204 g/mol. The topological polar surface area (TPSA) is 63.6 Å².